The first-order valence-electron chi connectivity index (χ1n) is 10.7. The van der Waals surface area contributed by atoms with Gasteiger partial charge in [-0.25, -0.2) is 0 Å². The number of carbonyl (C=O) groups is 2. The highest BCUT2D eigenvalue weighted by Gasteiger charge is 2.34. The molecule has 4 aromatic rings. The average Bonchev–Trinajstić information content (AvgIpc) is 3.25. The molecule has 1 aliphatic heterocycles. The zero-order valence-electron chi connectivity index (χ0n) is 17.9. The lowest BCUT2D eigenvalue weighted by Gasteiger charge is -2.25. The van der Waals surface area contributed by atoms with Crippen molar-refractivity contribution in [3.8, 4) is 0 Å². The first kappa shape index (κ1) is 20.5. The number of rotatable bonds is 5. The smallest absolute Gasteiger partial charge is 0.259 e. The van der Waals surface area contributed by atoms with Crippen LogP contribution in [0, 0.1) is 5.92 Å². The van der Waals surface area contributed by atoms with Gasteiger partial charge in [-0.1, -0.05) is 67.9 Å². The molecule has 0 fully saturated rings. The van der Waals surface area contributed by atoms with E-state index in [1.807, 2.05) is 48.5 Å². The lowest BCUT2D eigenvalue weighted by molar-refractivity contribution is 0.0879. The summed E-state index contributed by atoms with van der Waals surface area (Å²) < 4.78 is 2.31. The molecule has 2 heterocycles. The van der Waals surface area contributed by atoms with Gasteiger partial charge in [-0.05, 0) is 47.4 Å². The van der Waals surface area contributed by atoms with E-state index < -0.39 is 0 Å². The van der Waals surface area contributed by atoms with Crippen LogP contribution in [-0.4, -0.2) is 16.4 Å². The molecule has 3 aromatic carbocycles. The van der Waals surface area contributed by atoms with Crippen molar-refractivity contribution < 1.29 is 9.59 Å². The summed E-state index contributed by atoms with van der Waals surface area (Å²) in [5.41, 5.74) is 5.20. The van der Waals surface area contributed by atoms with Crippen molar-refractivity contribution in [3.63, 3.8) is 0 Å². The Hall–Kier alpha value is -3.37. The summed E-state index contributed by atoms with van der Waals surface area (Å²) >= 11 is 6.31. The standard InChI is InChI=1S/C27H23ClN2O2/c1-16(2)24(20-9-6-10-21-25(20)27(32)29-26(21)31)23-14-18-13-19(28)11-12-22(18)30(23)15-17-7-4-3-5-8-17/h3-14,16,24H,15H2,1-2H3,(H,29,31,32). The number of benzene rings is 3. The molecule has 5 heteroatoms. The average molecular weight is 443 g/mol. The van der Waals surface area contributed by atoms with Crippen LogP contribution in [0.2, 0.25) is 5.02 Å². The van der Waals surface area contributed by atoms with Crippen LogP contribution in [0.5, 0.6) is 0 Å². The molecule has 4 nitrogen and oxygen atoms in total. The molecular formula is C27H23ClN2O2. The SMILES string of the molecule is CC(C)C(c1cccc2c1C(=O)NC2=O)c1cc2cc(Cl)ccc2n1Cc1ccccc1. The van der Waals surface area contributed by atoms with Crippen molar-refractivity contribution in [2.45, 2.75) is 26.3 Å². The fraction of sp³-hybridized carbons (Fsp3) is 0.185. The minimum atomic E-state index is -0.328. The van der Waals surface area contributed by atoms with Crippen LogP contribution in [0.4, 0.5) is 0 Å². The van der Waals surface area contributed by atoms with Gasteiger partial charge in [0.15, 0.2) is 0 Å². The molecule has 0 spiro atoms. The molecular weight excluding hydrogens is 420 g/mol. The lowest BCUT2D eigenvalue weighted by atomic mass is 9.82. The van der Waals surface area contributed by atoms with E-state index >= 15 is 0 Å². The predicted octanol–water partition coefficient (Wildman–Crippen LogP) is 6.01. The highest BCUT2D eigenvalue weighted by Crippen LogP contribution is 2.39. The number of aromatic nitrogens is 1. The van der Waals surface area contributed by atoms with E-state index in [9.17, 15) is 9.59 Å². The Morgan fingerprint density at radius 1 is 0.906 bits per heavy atom. The molecule has 0 saturated heterocycles. The monoisotopic (exact) mass is 442 g/mol. The molecule has 1 aliphatic rings. The highest BCUT2D eigenvalue weighted by atomic mass is 35.5. The van der Waals surface area contributed by atoms with Crippen LogP contribution < -0.4 is 5.32 Å². The number of halogens is 1. The number of hydrogen-bond acceptors (Lipinski definition) is 2. The molecule has 0 radical (unpaired) electrons. The molecule has 2 amide bonds. The summed E-state index contributed by atoms with van der Waals surface area (Å²) in [6.07, 6.45) is 0. The van der Waals surface area contributed by atoms with Gasteiger partial charge in [-0.3, -0.25) is 14.9 Å². The Morgan fingerprint density at radius 3 is 2.44 bits per heavy atom. The van der Waals surface area contributed by atoms with Crippen LogP contribution in [-0.2, 0) is 6.54 Å². The van der Waals surface area contributed by atoms with E-state index in [1.54, 1.807) is 6.07 Å². The van der Waals surface area contributed by atoms with Crippen LogP contribution >= 0.6 is 11.6 Å². The Labute approximate surface area is 191 Å². The molecule has 160 valence electrons. The van der Waals surface area contributed by atoms with Crippen molar-refractivity contribution in [2.75, 3.05) is 0 Å². The van der Waals surface area contributed by atoms with E-state index in [0.29, 0.717) is 22.7 Å². The molecule has 0 aliphatic carbocycles. The first-order chi connectivity index (χ1) is 15.4. The van der Waals surface area contributed by atoms with Crippen molar-refractivity contribution >= 4 is 34.3 Å². The second-order valence-electron chi connectivity index (χ2n) is 8.62. The normalized spacial score (nSPS) is 14.1. The first-order valence-corrected chi connectivity index (χ1v) is 11.1. The molecule has 1 unspecified atom stereocenters. The van der Waals surface area contributed by atoms with Crippen LogP contribution in [0.25, 0.3) is 10.9 Å². The summed E-state index contributed by atoms with van der Waals surface area (Å²) in [6, 6.07) is 24.0. The third-order valence-electron chi connectivity index (χ3n) is 6.19. The maximum absolute atomic E-state index is 12.7. The number of fused-ring (bicyclic) bond motifs is 2. The molecule has 1 aromatic heterocycles. The van der Waals surface area contributed by atoms with E-state index in [1.165, 1.54) is 5.56 Å². The topological polar surface area (TPSA) is 51.1 Å². The van der Waals surface area contributed by atoms with E-state index in [0.717, 1.165) is 22.2 Å². The quantitative estimate of drug-likeness (QED) is 0.384. The Balaban J connectivity index is 1.75. The Morgan fingerprint density at radius 2 is 1.69 bits per heavy atom. The number of nitrogens with one attached hydrogen (secondary N) is 1. The van der Waals surface area contributed by atoms with Gasteiger partial charge in [-0.15, -0.1) is 0 Å². The van der Waals surface area contributed by atoms with Gasteiger partial charge in [0.1, 0.15) is 0 Å². The minimum absolute atomic E-state index is 0.0727. The van der Waals surface area contributed by atoms with Gasteiger partial charge in [0.2, 0.25) is 0 Å². The highest BCUT2D eigenvalue weighted by molar-refractivity contribution is 6.31. The minimum Gasteiger partial charge on any atom is -0.340 e. The molecule has 1 N–H and O–H groups in total. The van der Waals surface area contributed by atoms with Crippen molar-refractivity contribution in [3.05, 3.63) is 106 Å². The summed E-state index contributed by atoms with van der Waals surface area (Å²) in [7, 11) is 0. The third-order valence-corrected chi connectivity index (χ3v) is 6.43. The molecule has 32 heavy (non-hydrogen) atoms. The maximum Gasteiger partial charge on any atom is 0.259 e. The predicted molar refractivity (Wildman–Crippen MR) is 127 cm³/mol. The molecule has 0 bridgehead atoms. The fourth-order valence-electron chi connectivity index (χ4n) is 4.83. The van der Waals surface area contributed by atoms with Gasteiger partial charge in [0, 0.05) is 34.1 Å². The number of amides is 2. The van der Waals surface area contributed by atoms with Gasteiger partial charge >= 0.3 is 0 Å². The molecule has 1 atom stereocenters. The maximum atomic E-state index is 12.7. The van der Waals surface area contributed by atoms with Gasteiger partial charge in [-0.2, -0.15) is 0 Å². The van der Waals surface area contributed by atoms with E-state index in [2.05, 4.69) is 41.9 Å². The summed E-state index contributed by atoms with van der Waals surface area (Å²) in [5, 5.41) is 4.20. The van der Waals surface area contributed by atoms with Crippen molar-refractivity contribution in [1.29, 1.82) is 0 Å². The number of carbonyl (C=O) groups excluding carboxylic acids is 2. The summed E-state index contributed by atoms with van der Waals surface area (Å²) in [4.78, 5) is 25.0. The number of nitrogens with zero attached hydrogens (tertiary/aromatic N) is 1. The number of hydrogen-bond donors (Lipinski definition) is 1. The van der Waals surface area contributed by atoms with Crippen molar-refractivity contribution in [1.82, 2.24) is 9.88 Å². The number of imide groups is 1. The summed E-state index contributed by atoms with van der Waals surface area (Å²) in [5.74, 6) is -0.526. The lowest BCUT2D eigenvalue weighted by Crippen LogP contribution is -2.21. The second kappa shape index (κ2) is 7.95. The summed E-state index contributed by atoms with van der Waals surface area (Å²) in [6.45, 7) is 5.00. The van der Waals surface area contributed by atoms with Crippen LogP contribution in [0.3, 0.4) is 0 Å². The van der Waals surface area contributed by atoms with Crippen LogP contribution in [0.1, 0.15) is 57.3 Å². The Bertz CT molecular complexity index is 1360. The van der Waals surface area contributed by atoms with Gasteiger partial charge in [0.25, 0.3) is 11.8 Å². The van der Waals surface area contributed by atoms with Crippen LogP contribution in [0.15, 0.2) is 72.8 Å². The zero-order valence-corrected chi connectivity index (χ0v) is 18.7. The molecule has 0 saturated carbocycles. The fourth-order valence-corrected chi connectivity index (χ4v) is 5.01. The third kappa shape index (κ3) is 3.41. The van der Waals surface area contributed by atoms with E-state index in [-0.39, 0.29) is 23.7 Å². The zero-order chi connectivity index (χ0) is 22.4. The largest absolute Gasteiger partial charge is 0.340 e. The van der Waals surface area contributed by atoms with E-state index in [4.69, 9.17) is 11.6 Å². The second-order valence-corrected chi connectivity index (χ2v) is 9.06. The van der Waals surface area contributed by atoms with Gasteiger partial charge < -0.3 is 4.57 Å². The van der Waals surface area contributed by atoms with Gasteiger partial charge in [0.05, 0.1) is 11.1 Å². The molecule has 5 rings (SSSR count). The Kier molecular flexibility index (Phi) is 5.10. The van der Waals surface area contributed by atoms with Crippen molar-refractivity contribution in [2.24, 2.45) is 5.92 Å².